The van der Waals surface area contributed by atoms with Crippen molar-refractivity contribution in [1.82, 2.24) is 9.55 Å². The highest BCUT2D eigenvalue weighted by molar-refractivity contribution is 9.10. The summed E-state index contributed by atoms with van der Waals surface area (Å²) in [5.41, 5.74) is 1.27. The number of hydrogen-bond donors (Lipinski definition) is 0. The Hall–Kier alpha value is -1.99. The molecule has 3 rings (SSSR count). The molecule has 0 aliphatic heterocycles. The first-order chi connectivity index (χ1) is 10.1. The summed E-state index contributed by atoms with van der Waals surface area (Å²) in [6.45, 7) is -0.503. The second kappa shape index (κ2) is 5.42. The predicted octanol–water partition coefficient (Wildman–Crippen LogP) is 1.64. The Bertz CT molecular complexity index is 883. The third kappa shape index (κ3) is 2.62. The van der Waals surface area contributed by atoms with E-state index in [1.54, 1.807) is 0 Å². The van der Waals surface area contributed by atoms with Gasteiger partial charge >= 0.3 is 0 Å². The first-order valence-electron chi connectivity index (χ1n) is 5.98. The Labute approximate surface area is 131 Å². The molecule has 21 heavy (non-hydrogen) atoms. The predicted molar refractivity (Wildman–Crippen MR) is 82.0 cm³/mol. The van der Waals surface area contributed by atoms with Crippen LogP contribution in [-0.2, 0) is 11.3 Å². The van der Waals surface area contributed by atoms with Crippen molar-refractivity contribution >= 4 is 43.5 Å². The first-order valence-corrected chi connectivity index (χ1v) is 7.66. The summed E-state index contributed by atoms with van der Waals surface area (Å²) < 4.78 is 1.99. The number of nitrogens with zero attached hydrogens (tertiary/aromatic N) is 2. The van der Waals surface area contributed by atoms with Crippen molar-refractivity contribution in [2.75, 3.05) is 0 Å². The van der Waals surface area contributed by atoms with Gasteiger partial charge in [0.25, 0.3) is 5.56 Å². The Morgan fingerprint density at radius 3 is 2.71 bits per heavy atom. The van der Waals surface area contributed by atoms with Crippen molar-refractivity contribution in [1.29, 1.82) is 0 Å². The number of aromatic nitrogens is 2. The molecule has 5 nitrogen and oxygen atoms in total. The summed E-state index contributed by atoms with van der Waals surface area (Å²) in [6, 6.07) is 7.55. The topological polar surface area (TPSA) is 75.0 Å². The van der Waals surface area contributed by atoms with E-state index in [0.29, 0.717) is 10.2 Å². The van der Waals surface area contributed by atoms with Crippen molar-refractivity contribution < 1.29 is 9.90 Å². The third-order valence-electron chi connectivity index (χ3n) is 3.02. The zero-order chi connectivity index (χ0) is 15.0. The fourth-order valence-electron chi connectivity index (χ4n) is 2.06. The number of hydrogen-bond acceptors (Lipinski definition) is 5. The number of rotatable bonds is 3. The fraction of sp³-hybridized carbons (Fsp3) is 0.0714. The molecule has 7 heteroatoms. The molecule has 0 aliphatic rings. The largest absolute Gasteiger partial charge is 0.548 e. The van der Waals surface area contributed by atoms with Gasteiger partial charge in [-0.2, -0.15) is 0 Å². The van der Waals surface area contributed by atoms with E-state index in [1.807, 2.05) is 29.6 Å². The Morgan fingerprint density at radius 1 is 1.33 bits per heavy atom. The van der Waals surface area contributed by atoms with Crippen LogP contribution in [0.3, 0.4) is 0 Å². The number of carboxylic acid groups (broad SMARTS) is 1. The van der Waals surface area contributed by atoms with Crippen LogP contribution in [0.1, 0.15) is 0 Å². The summed E-state index contributed by atoms with van der Waals surface area (Å²) in [5.74, 6) is -1.32. The van der Waals surface area contributed by atoms with Crippen LogP contribution in [0, 0.1) is 0 Å². The van der Waals surface area contributed by atoms with Gasteiger partial charge in [0, 0.05) is 15.4 Å². The maximum Gasteiger partial charge on any atom is 0.263 e. The van der Waals surface area contributed by atoms with E-state index in [-0.39, 0.29) is 5.56 Å². The molecule has 2 aromatic heterocycles. The lowest BCUT2D eigenvalue weighted by atomic mass is 10.1. The summed E-state index contributed by atoms with van der Waals surface area (Å²) in [4.78, 5) is 27.8. The number of thiophene rings is 1. The van der Waals surface area contributed by atoms with Crippen LogP contribution in [0.4, 0.5) is 0 Å². The second-order valence-electron chi connectivity index (χ2n) is 4.39. The molecule has 0 spiro atoms. The summed E-state index contributed by atoms with van der Waals surface area (Å²) in [7, 11) is 0. The van der Waals surface area contributed by atoms with Gasteiger partial charge < -0.3 is 9.90 Å². The van der Waals surface area contributed by atoms with Crippen LogP contribution in [0.25, 0.3) is 21.3 Å². The van der Waals surface area contributed by atoms with Gasteiger partial charge in [0.05, 0.1) is 24.2 Å². The Kier molecular flexibility index (Phi) is 3.60. The smallest absolute Gasteiger partial charge is 0.263 e. The first kappa shape index (κ1) is 14.0. The Morgan fingerprint density at radius 2 is 2.05 bits per heavy atom. The SMILES string of the molecule is O=C([O-])Cn1cnc2scc(-c3ccc(Br)cc3)c2c1=O. The molecule has 2 heterocycles. The van der Waals surface area contributed by atoms with Crippen molar-refractivity contribution in [2.24, 2.45) is 0 Å². The molecule has 3 aromatic rings. The van der Waals surface area contributed by atoms with Gasteiger partial charge in [0.1, 0.15) is 4.83 Å². The van der Waals surface area contributed by atoms with Crippen molar-refractivity contribution in [2.45, 2.75) is 6.54 Å². The van der Waals surface area contributed by atoms with E-state index in [2.05, 4.69) is 20.9 Å². The number of carbonyl (C=O) groups excluding carboxylic acids is 1. The van der Waals surface area contributed by atoms with E-state index >= 15 is 0 Å². The molecule has 0 bridgehead atoms. The number of aliphatic carboxylic acids is 1. The number of benzene rings is 1. The van der Waals surface area contributed by atoms with Crippen LogP contribution in [0.5, 0.6) is 0 Å². The van der Waals surface area contributed by atoms with Crippen LogP contribution < -0.4 is 10.7 Å². The highest BCUT2D eigenvalue weighted by atomic mass is 79.9. The fourth-order valence-corrected chi connectivity index (χ4v) is 3.23. The lowest BCUT2D eigenvalue weighted by Gasteiger charge is -2.06. The van der Waals surface area contributed by atoms with E-state index in [1.165, 1.54) is 17.7 Å². The van der Waals surface area contributed by atoms with E-state index in [0.717, 1.165) is 20.2 Å². The third-order valence-corrected chi connectivity index (χ3v) is 4.43. The number of halogens is 1. The van der Waals surface area contributed by atoms with Crippen molar-refractivity contribution in [3.8, 4) is 11.1 Å². The zero-order valence-electron chi connectivity index (χ0n) is 10.6. The van der Waals surface area contributed by atoms with Gasteiger partial charge in [-0.1, -0.05) is 28.1 Å². The summed E-state index contributed by atoms with van der Waals surface area (Å²) in [5, 5.41) is 13.0. The van der Waals surface area contributed by atoms with Crippen LogP contribution >= 0.6 is 27.3 Å². The molecule has 0 saturated carbocycles. The van der Waals surface area contributed by atoms with E-state index in [9.17, 15) is 14.7 Å². The van der Waals surface area contributed by atoms with E-state index in [4.69, 9.17) is 0 Å². The minimum Gasteiger partial charge on any atom is -0.548 e. The van der Waals surface area contributed by atoms with Gasteiger partial charge in [-0.25, -0.2) is 4.98 Å². The van der Waals surface area contributed by atoms with Crippen molar-refractivity contribution in [3.63, 3.8) is 0 Å². The summed E-state index contributed by atoms with van der Waals surface area (Å²) >= 11 is 4.72. The minimum absolute atomic E-state index is 0.372. The molecule has 0 amide bonds. The number of carboxylic acids is 1. The molecule has 0 fully saturated rings. The molecule has 0 saturated heterocycles. The Balaban J connectivity index is 2.22. The molecule has 0 aliphatic carbocycles. The highest BCUT2D eigenvalue weighted by Gasteiger charge is 2.13. The standard InChI is InChI=1S/C14H9BrN2O3S/c15-9-3-1-8(2-4-9)10-6-21-13-12(10)14(20)17(7-16-13)5-11(18)19/h1-4,6-7H,5H2,(H,18,19)/p-1. The number of fused-ring (bicyclic) bond motifs is 1. The zero-order valence-corrected chi connectivity index (χ0v) is 13.0. The van der Waals surface area contributed by atoms with Gasteiger partial charge in [-0.05, 0) is 17.7 Å². The normalized spacial score (nSPS) is 10.9. The van der Waals surface area contributed by atoms with Gasteiger partial charge in [-0.3, -0.25) is 9.36 Å². The van der Waals surface area contributed by atoms with Gasteiger partial charge in [-0.15, -0.1) is 11.3 Å². The van der Waals surface area contributed by atoms with Crippen LogP contribution in [0.15, 0.2) is 45.2 Å². The molecule has 106 valence electrons. The second-order valence-corrected chi connectivity index (χ2v) is 6.16. The molecule has 0 unspecified atom stereocenters. The molecular weight excluding hydrogens is 356 g/mol. The monoisotopic (exact) mass is 363 g/mol. The maximum absolute atomic E-state index is 12.4. The molecule has 1 aromatic carbocycles. The van der Waals surface area contributed by atoms with Crippen molar-refractivity contribution in [3.05, 3.63) is 50.8 Å². The number of carbonyl (C=O) groups is 1. The van der Waals surface area contributed by atoms with Crippen LogP contribution in [-0.4, -0.2) is 15.5 Å². The van der Waals surface area contributed by atoms with Gasteiger partial charge in [0.15, 0.2) is 0 Å². The average molecular weight is 364 g/mol. The summed E-state index contributed by atoms with van der Waals surface area (Å²) in [6.07, 6.45) is 1.24. The quantitative estimate of drug-likeness (QED) is 0.708. The average Bonchev–Trinajstić information content (AvgIpc) is 2.87. The molecule has 0 atom stereocenters. The minimum atomic E-state index is -1.32. The molecular formula is C14H8BrN2O3S-. The maximum atomic E-state index is 12.4. The lowest BCUT2D eigenvalue weighted by molar-refractivity contribution is -0.306. The van der Waals surface area contributed by atoms with Gasteiger partial charge in [0.2, 0.25) is 0 Å². The van der Waals surface area contributed by atoms with Crippen LogP contribution in [0.2, 0.25) is 0 Å². The molecule has 0 N–H and O–H groups in total. The van der Waals surface area contributed by atoms with E-state index < -0.39 is 12.5 Å². The lowest BCUT2D eigenvalue weighted by Crippen LogP contribution is -2.32. The highest BCUT2D eigenvalue weighted by Crippen LogP contribution is 2.31. The molecule has 0 radical (unpaired) electrons.